The van der Waals surface area contributed by atoms with Crippen molar-refractivity contribution in [3.8, 4) is 0 Å². The Kier molecular flexibility index (Phi) is 6.75. The second-order valence-electron chi connectivity index (χ2n) is 4.03. The second-order valence-corrected chi connectivity index (χ2v) is 5.32. The molecule has 0 spiro atoms. The van der Waals surface area contributed by atoms with E-state index in [4.69, 9.17) is 16.3 Å². The van der Waals surface area contributed by atoms with Crippen LogP contribution in [0.2, 0.25) is 5.15 Å². The lowest BCUT2D eigenvalue weighted by molar-refractivity contribution is 0.178. The minimum atomic E-state index is 0.376. The van der Waals surface area contributed by atoms with Gasteiger partial charge in [-0.2, -0.15) is 11.8 Å². The Balaban J connectivity index is 2.92. The van der Waals surface area contributed by atoms with Gasteiger partial charge in [-0.3, -0.25) is 0 Å². The van der Waals surface area contributed by atoms with Gasteiger partial charge in [0.25, 0.3) is 0 Å². The van der Waals surface area contributed by atoms with E-state index >= 15 is 0 Å². The predicted octanol–water partition coefficient (Wildman–Crippen LogP) is 2.85. The fraction of sp³-hybridized carbons (Fsp3) is 0.667. The molecule has 0 saturated heterocycles. The fourth-order valence-corrected chi connectivity index (χ4v) is 2.75. The van der Waals surface area contributed by atoms with Crippen LogP contribution >= 0.6 is 23.4 Å². The van der Waals surface area contributed by atoms with Gasteiger partial charge in [-0.25, -0.2) is 9.97 Å². The molecule has 1 aromatic rings. The van der Waals surface area contributed by atoms with Crippen LogP contribution in [-0.2, 0) is 11.3 Å². The molecule has 0 N–H and O–H groups in total. The Morgan fingerprint density at radius 3 is 2.78 bits per heavy atom. The number of halogens is 1. The highest BCUT2D eigenvalue weighted by atomic mass is 35.5. The van der Waals surface area contributed by atoms with Crippen molar-refractivity contribution < 1.29 is 4.74 Å². The summed E-state index contributed by atoms with van der Waals surface area (Å²) in [6, 6.07) is 2.24. The van der Waals surface area contributed by atoms with Gasteiger partial charge in [0, 0.05) is 32.0 Å². The lowest BCUT2D eigenvalue weighted by atomic mass is 10.2. The zero-order valence-corrected chi connectivity index (χ0v) is 12.9. The average Bonchev–Trinajstić information content (AvgIpc) is 2.35. The van der Waals surface area contributed by atoms with Gasteiger partial charge < -0.3 is 9.64 Å². The van der Waals surface area contributed by atoms with E-state index in [-0.39, 0.29) is 0 Å². The van der Waals surface area contributed by atoms with E-state index in [2.05, 4.69) is 28.0 Å². The quantitative estimate of drug-likeness (QED) is 0.722. The zero-order valence-electron chi connectivity index (χ0n) is 11.3. The number of methoxy groups -OCH3 is 1. The van der Waals surface area contributed by atoms with E-state index in [1.165, 1.54) is 0 Å². The van der Waals surface area contributed by atoms with Gasteiger partial charge in [-0.1, -0.05) is 18.5 Å². The van der Waals surface area contributed by atoms with Crippen molar-refractivity contribution in [2.75, 3.05) is 31.1 Å². The monoisotopic (exact) mass is 289 g/mol. The van der Waals surface area contributed by atoms with E-state index in [9.17, 15) is 0 Å². The SMILES string of the molecule is CCC(CSC)N(C)c1cc(Cl)nc(COC)n1. The third-order valence-corrected chi connectivity index (χ3v) is 3.65. The molecule has 0 fully saturated rings. The van der Waals surface area contributed by atoms with Crippen molar-refractivity contribution in [3.05, 3.63) is 17.0 Å². The summed E-state index contributed by atoms with van der Waals surface area (Å²) in [4.78, 5) is 10.8. The molecule has 0 radical (unpaired) electrons. The van der Waals surface area contributed by atoms with E-state index in [0.29, 0.717) is 23.6 Å². The van der Waals surface area contributed by atoms with E-state index in [1.807, 2.05) is 18.8 Å². The van der Waals surface area contributed by atoms with Crippen molar-refractivity contribution in [2.24, 2.45) is 0 Å². The first-order valence-corrected chi connectivity index (χ1v) is 7.63. The van der Waals surface area contributed by atoms with Crippen LogP contribution in [0.5, 0.6) is 0 Å². The number of thioether (sulfide) groups is 1. The molecule has 0 aliphatic carbocycles. The Bertz CT molecular complexity index is 378. The van der Waals surface area contributed by atoms with Gasteiger partial charge >= 0.3 is 0 Å². The summed E-state index contributed by atoms with van der Waals surface area (Å²) in [5.41, 5.74) is 0. The number of rotatable bonds is 7. The number of anilines is 1. The van der Waals surface area contributed by atoms with Crippen LogP contribution in [0.1, 0.15) is 19.2 Å². The molecule has 1 aromatic heterocycles. The maximum atomic E-state index is 6.02. The minimum Gasteiger partial charge on any atom is -0.377 e. The van der Waals surface area contributed by atoms with E-state index in [0.717, 1.165) is 18.0 Å². The molecule has 0 aromatic carbocycles. The van der Waals surface area contributed by atoms with Crippen LogP contribution < -0.4 is 4.90 Å². The molecule has 102 valence electrons. The van der Waals surface area contributed by atoms with Gasteiger partial charge in [0.15, 0.2) is 5.82 Å². The number of nitrogens with zero attached hydrogens (tertiary/aromatic N) is 3. The molecule has 0 aliphatic rings. The highest BCUT2D eigenvalue weighted by Gasteiger charge is 2.15. The van der Waals surface area contributed by atoms with Gasteiger partial charge in [0.2, 0.25) is 0 Å². The van der Waals surface area contributed by atoms with Gasteiger partial charge in [-0.05, 0) is 12.7 Å². The summed E-state index contributed by atoms with van der Waals surface area (Å²) in [5, 5.41) is 0.456. The lowest BCUT2D eigenvalue weighted by Crippen LogP contribution is -2.34. The molecule has 0 amide bonds. The van der Waals surface area contributed by atoms with Crippen molar-refractivity contribution in [2.45, 2.75) is 26.0 Å². The molecule has 0 bridgehead atoms. The minimum absolute atomic E-state index is 0.376. The highest BCUT2D eigenvalue weighted by molar-refractivity contribution is 7.98. The van der Waals surface area contributed by atoms with Crippen LogP contribution in [0, 0.1) is 0 Å². The summed E-state index contributed by atoms with van der Waals surface area (Å²) in [7, 11) is 3.66. The zero-order chi connectivity index (χ0) is 13.5. The summed E-state index contributed by atoms with van der Waals surface area (Å²) >= 11 is 7.85. The molecule has 6 heteroatoms. The number of ether oxygens (including phenoxy) is 1. The van der Waals surface area contributed by atoms with Crippen molar-refractivity contribution >= 4 is 29.2 Å². The van der Waals surface area contributed by atoms with Crippen molar-refractivity contribution in [1.29, 1.82) is 0 Å². The molecule has 18 heavy (non-hydrogen) atoms. The number of hydrogen-bond donors (Lipinski definition) is 0. The summed E-state index contributed by atoms with van der Waals surface area (Å²) < 4.78 is 5.05. The summed E-state index contributed by atoms with van der Waals surface area (Å²) in [6.45, 7) is 2.55. The first-order chi connectivity index (χ1) is 8.62. The Labute approximate surface area is 118 Å². The van der Waals surface area contributed by atoms with Crippen LogP contribution in [0.3, 0.4) is 0 Å². The smallest absolute Gasteiger partial charge is 0.158 e. The standard InChI is InChI=1S/C12H20ClN3OS/c1-5-9(8-18-4)16(2)12-6-10(13)14-11(15-12)7-17-3/h6,9H,5,7-8H2,1-4H3. The largest absolute Gasteiger partial charge is 0.377 e. The molecule has 1 heterocycles. The Morgan fingerprint density at radius 2 is 2.22 bits per heavy atom. The average molecular weight is 290 g/mol. The second kappa shape index (κ2) is 7.81. The Morgan fingerprint density at radius 1 is 1.50 bits per heavy atom. The topological polar surface area (TPSA) is 38.2 Å². The molecular weight excluding hydrogens is 270 g/mol. The van der Waals surface area contributed by atoms with E-state index in [1.54, 1.807) is 13.2 Å². The fourth-order valence-electron chi connectivity index (χ4n) is 1.71. The van der Waals surface area contributed by atoms with Gasteiger partial charge in [0.1, 0.15) is 17.6 Å². The maximum Gasteiger partial charge on any atom is 0.158 e. The van der Waals surface area contributed by atoms with Gasteiger partial charge in [-0.15, -0.1) is 0 Å². The lowest BCUT2D eigenvalue weighted by Gasteiger charge is -2.28. The molecule has 1 atom stereocenters. The molecule has 0 saturated carbocycles. The maximum absolute atomic E-state index is 6.02. The van der Waals surface area contributed by atoms with Crippen LogP contribution in [-0.4, -0.2) is 42.2 Å². The van der Waals surface area contributed by atoms with Gasteiger partial charge in [0.05, 0.1) is 0 Å². The molecule has 1 rings (SSSR count). The van der Waals surface area contributed by atoms with Crippen LogP contribution in [0.25, 0.3) is 0 Å². The number of aromatic nitrogens is 2. The van der Waals surface area contributed by atoms with Crippen LogP contribution in [0.4, 0.5) is 5.82 Å². The van der Waals surface area contributed by atoms with Crippen LogP contribution in [0.15, 0.2) is 6.07 Å². The first-order valence-electron chi connectivity index (χ1n) is 5.86. The third kappa shape index (κ3) is 4.30. The molecule has 0 aliphatic heterocycles. The normalized spacial score (nSPS) is 12.5. The van der Waals surface area contributed by atoms with Crippen molar-refractivity contribution in [1.82, 2.24) is 9.97 Å². The first kappa shape index (κ1) is 15.5. The molecule has 1 unspecified atom stereocenters. The summed E-state index contributed by atoms with van der Waals surface area (Å²) in [6.07, 6.45) is 3.18. The third-order valence-electron chi connectivity index (χ3n) is 2.74. The Hall–Kier alpha value is -0.520. The van der Waals surface area contributed by atoms with Crippen molar-refractivity contribution in [3.63, 3.8) is 0 Å². The summed E-state index contributed by atoms with van der Waals surface area (Å²) in [5.74, 6) is 2.53. The number of hydrogen-bond acceptors (Lipinski definition) is 5. The molecule has 4 nitrogen and oxygen atoms in total. The highest BCUT2D eigenvalue weighted by Crippen LogP contribution is 2.20. The molecular formula is C12H20ClN3OS. The van der Waals surface area contributed by atoms with E-state index < -0.39 is 0 Å². The predicted molar refractivity (Wildman–Crippen MR) is 78.6 cm³/mol.